The summed E-state index contributed by atoms with van der Waals surface area (Å²) in [5.41, 5.74) is 1.17. The Hall–Kier alpha value is -1.95. The van der Waals surface area contributed by atoms with Crippen LogP contribution in [0.2, 0.25) is 0 Å². The lowest BCUT2D eigenvalue weighted by molar-refractivity contribution is 0.198. The van der Waals surface area contributed by atoms with Gasteiger partial charge in [-0.05, 0) is 31.7 Å². The first kappa shape index (κ1) is 14.6. The van der Waals surface area contributed by atoms with Crippen LogP contribution < -0.4 is 4.90 Å². The SMILES string of the molecule is Cn1cnc(CN2CCC(N(c3ccncn3)C3CC3)CC2)c1. The molecule has 1 saturated heterocycles. The molecule has 3 heterocycles. The molecular weight excluding hydrogens is 288 g/mol. The Kier molecular flexibility index (Phi) is 3.99. The topological polar surface area (TPSA) is 50.1 Å². The molecule has 1 aliphatic heterocycles. The predicted octanol–water partition coefficient (Wildman–Crippen LogP) is 1.84. The molecule has 2 fully saturated rings. The summed E-state index contributed by atoms with van der Waals surface area (Å²) in [6.07, 6.45) is 12.5. The van der Waals surface area contributed by atoms with E-state index in [4.69, 9.17) is 0 Å². The minimum Gasteiger partial charge on any atom is -0.350 e. The van der Waals surface area contributed by atoms with Crippen LogP contribution in [0.5, 0.6) is 0 Å². The highest BCUT2D eigenvalue weighted by molar-refractivity contribution is 5.41. The van der Waals surface area contributed by atoms with Crippen molar-refractivity contribution >= 4 is 5.82 Å². The molecule has 0 aromatic carbocycles. The van der Waals surface area contributed by atoms with Crippen molar-refractivity contribution in [3.8, 4) is 0 Å². The van der Waals surface area contributed by atoms with E-state index in [-0.39, 0.29) is 0 Å². The predicted molar refractivity (Wildman–Crippen MR) is 89.0 cm³/mol. The molecule has 23 heavy (non-hydrogen) atoms. The third-order valence-electron chi connectivity index (χ3n) is 4.87. The van der Waals surface area contributed by atoms with Gasteiger partial charge in [0.15, 0.2) is 0 Å². The summed E-state index contributed by atoms with van der Waals surface area (Å²) in [6, 6.07) is 3.35. The van der Waals surface area contributed by atoms with Crippen LogP contribution in [0.3, 0.4) is 0 Å². The fourth-order valence-corrected chi connectivity index (χ4v) is 3.59. The maximum absolute atomic E-state index is 4.49. The van der Waals surface area contributed by atoms with Crippen molar-refractivity contribution in [2.75, 3.05) is 18.0 Å². The average Bonchev–Trinajstić information content (AvgIpc) is 3.33. The first-order valence-electron chi connectivity index (χ1n) is 8.53. The number of likely N-dealkylation sites (tertiary alicyclic amines) is 1. The van der Waals surface area contributed by atoms with Gasteiger partial charge in [0.1, 0.15) is 12.1 Å². The average molecular weight is 312 g/mol. The van der Waals surface area contributed by atoms with Crippen molar-refractivity contribution in [2.45, 2.75) is 44.3 Å². The third kappa shape index (κ3) is 3.37. The number of hydrogen-bond acceptors (Lipinski definition) is 5. The van der Waals surface area contributed by atoms with Crippen LogP contribution in [0.25, 0.3) is 0 Å². The first-order chi connectivity index (χ1) is 11.3. The molecule has 122 valence electrons. The molecule has 1 saturated carbocycles. The Bertz CT molecular complexity index is 628. The largest absolute Gasteiger partial charge is 0.350 e. The molecule has 1 aliphatic carbocycles. The quantitative estimate of drug-likeness (QED) is 0.843. The van der Waals surface area contributed by atoms with E-state index in [1.807, 2.05) is 24.1 Å². The molecule has 0 N–H and O–H groups in total. The maximum atomic E-state index is 4.49. The van der Waals surface area contributed by atoms with Crippen molar-refractivity contribution in [3.05, 3.63) is 36.8 Å². The van der Waals surface area contributed by atoms with E-state index in [9.17, 15) is 0 Å². The Morgan fingerprint density at radius 2 is 1.91 bits per heavy atom. The fraction of sp³-hybridized carbons (Fsp3) is 0.588. The van der Waals surface area contributed by atoms with Gasteiger partial charge in [-0.25, -0.2) is 15.0 Å². The monoisotopic (exact) mass is 312 g/mol. The minimum absolute atomic E-state index is 0.609. The Balaban J connectivity index is 1.38. The zero-order chi connectivity index (χ0) is 15.6. The molecule has 4 rings (SSSR count). The first-order valence-corrected chi connectivity index (χ1v) is 8.53. The summed E-state index contributed by atoms with van der Waals surface area (Å²) in [4.78, 5) is 18.1. The third-order valence-corrected chi connectivity index (χ3v) is 4.87. The summed E-state index contributed by atoms with van der Waals surface area (Å²) in [6.45, 7) is 3.23. The van der Waals surface area contributed by atoms with E-state index < -0.39 is 0 Å². The van der Waals surface area contributed by atoms with Gasteiger partial charge in [-0.1, -0.05) is 0 Å². The lowest BCUT2D eigenvalue weighted by Crippen LogP contribution is -2.46. The van der Waals surface area contributed by atoms with Crippen molar-refractivity contribution < 1.29 is 0 Å². The zero-order valence-electron chi connectivity index (χ0n) is 13.7. The number of aromatic nitrogens is 4. The number of imidazole rings is 1. The second-order valence-electron chi connectivity index (χ2n) is 6.74. The number of rotatable bonds is 5. The van der Waals surface area contributed by atoms with Crippen molar-refractivity contribution in [2.24, 2.45) is 7.05 Å². The van der Waals surface area contributed by atoms with E-state index in [2.05, 4.69) is 37.0 Å². The Labute approximate surface area is 137 Å². The molecular formula is C17H24N6. The number of nitrogens with zero attached hydrogens (tertiary/aromatic N) is 6. The van der Waals surface area contributed by atoms with Gasteiger partial charge in [0.05, 0.1) is 12.0 Å². The van der Waals surface area contributed by atoms with E-state index in [0.717, 1.165) is 25.5 Å². The van der Waals surface area contributed by atoms with Gasteiger partial charge in [-0.2, -0.15) is 0 Å². The van der Waals surface area contributed by atoms with Crippen LogP contribution in [0.1, 0.15) is 31.4 Å². The summed E-state index contributed by atoms with van der Waals surface area (Å²) in [7, 11) is 2.03. The maximum Gasteiger partial charge on any atom is 0.132 e. The molecule has 0 amide bonds. The van der Waals surface area contributed by atoms with Gasteiger partial charge in [-0.3, -0.25) is 4.90 Å². The van der Waals surface area contributed by atoms with Gasteiger partial charge >= 0.3 is 0 Å². The highest BCUT2D eigenvalue weighted by Crippen LogP contribution is 2.35. The van der Waals surface area contributed by atoms with Gasteiger partial charge in [0, 0.05) is 51.2 Å². The van der Waals surface area contributed by atoms with Crippen molar-refractivity contribution in [1.29, 1.82) is 0 Å². The molecule has 0 unspecified atom stereocenters. The van der Waals surface area contributed by atoms with Crippen LogP contribution in [-0.2, 0) is 13.6 Å². The van der Waals surface area contributed by atoms with E-state index >= 15 is 0 Å². The van der Waals surface area contributed by atoms with E-state index in [0.29, 0.717) is 12.1 Å². The normalized spacial score (nSPS) is 19.9. The lowest BCUT2D eigenvalue weighted by atomic mass is 10.0. The molecule has 6 nitrogen and oxygen atoms in total. The second-order valence-corrected chi connectivity index (χ2v) is 6.74. The molecule has 2 aliphatic rings. The summed E-state index contributed by atoms with van der Waals surface area (Å²) < 4.78 is 2.02. The zero-order valence-corrected chi connectivity index (χ0v) is 13.7. The standard InChI is InChI=1S/C17H24N6/c1-21-10-14(20-13-21)11-22-8-5-16(6-9-22)23(15-2-3-15)17-4-7-18-12-19-17/h4,7,10,12-13,15-16H,2-3,5-6,8-9,11H2,1H3. The van der Waals surface area contributed by atoms with E-state index in [1.54, 1.807) is 6.33 Å². The van der Waals surface area contributed by atoms with Crippen LogP contribution >= 0.6 is 0 Å². The molecule has 0 spiro atoms. The van der Waals surface area contributed by atoms with Crippen molar-refractivity contribution in [1.82, 2.24) is 24.4 Å². The number of piperidine rings is 1. The number of aryl methyl sites for hydroxylation is 1. The van der Waals surface area contributed by atoms with Gasteiger partial charge < -0.3 is 9.47 Å². The lowest BCUT2D eigenvalue weighted by Gasteiger charge is -2.39. The molecule has 2 aromatic rings. The number of hydrogen-bond donors (Lipinski definition) is 0. The molecule has 0 bridgehead atoms. The molecule has 6 heteroatoms. The minimum atomic E-state index is 0.609. The molecule has 0 atom stereocenters. The Morgan fingerprint density at radius 3 is 2.52 bits per heavy atom. The van der Waals surface area contributed by atoms with Gasteiger partial charge in [0.2, 0.25) is 0 Å². The van der Waals surface area contributed by atoms with E-state index in [1.165, 1.54) is 31.4 Å². The second kappa shape index (κ2) is 6.28. The van der Waals surface area contributed by atoms with Gasteiger partial charge in [-0.15, -0.1) is 0 Å². The molecule has 0 radical (unpaired) electrons. The summed E-state index contributed by atoms with van der Waals surface area (Å²) >= 11 is 0. The number of anilines is 1. The highest BCUT2D eigenvalue weighted by Gasteiger charge is 2.36. The molecule has 2 aromatic heterocycles. The van der Waals surface area contributed by atoms with Crippen LogP contribution in [0.4, 0.5) is 5.82 Å². The highest BCUT2D eigenvalue weighted by atomic mass is 15.3. The van der Waals surface area contributed by atoms with Gasteiger partial charge in [0.25, 0.3) is 0 Å². The Morgan fingerprint density at radius 1 is 1.13 bits per heavy atom. The summed E-state index contributed by atoms with van der Waals surface area (Å²) in [5, 5.41) is 0. The van der Waals surface area contributed by atoms with Crippen LogP contribution in [-0.4, -0.2) is 49.6 Å². The van der Waals surface area contributed by atoms with Crippen molar-refractivity contribution in [3.63, 3.8) is 0 Å². The summed E-state index contributed by atoms with van der Waals surface area (Å²) in [5.74, 6) is 1.10. The smallest absolute Gasteiger partial charge is 0.132 e. The van der Waals surface area contributed by atoms with Crippen LogP contribution in [0, 0.1) is 0 Å². The van der Waals surface area contributed by atoms with Crippen LogP contribution in [0.15, 0.2) is 31.1 Å². The fourth-order valence-electron chi connectivity index (χ4n) is 3.59.